The van der Waals surface area contributed by atoms with E-state index in [4.69, 9.17) is 4.52 Å². The minimum atomic E-state index is 0.206. The average molecular weight is 306 g/mol. The summed E-state index contributed by atoms with van der Waals surface area (Å²) in [5.74, 6) is 1.72. The van der Waals surface area contributed by atoms with Crippen molar-refractivity contribution < 1.29 is 9.32 Å². The predicted octanol–water partition coefficient (Wildman–Crippen LogP) is 2.00. The number of aryl methyl sites for hydroxylation is 1. The fourth-order valence-electron chi connectivity index (χ4n) is 3.92. The van der Waals surface area contributed by atoms with Crippen molar-refractivity contribution >= 4 is 5.91 Å². The van der Waals surface area contributed by atoms with Crippen LogP contribution in [0.4, 0.5) is 0 Å². The molecule has 0 saturated carbocycles. The van der Waals surface area contributed by atoms with Gasteiger partial charge in [0.2, 0.25) is 11.8 Å². The van der Waals surface area contributed by atoms with Crippen LogP contribution in [0.5, 0.6) is 0 Å². The zero-order valence-electron chi connectivity index (χ0n) is 13.6. The van der Waals surface area contributed by atoms with Gasteiger partial charge in [-0.25, -0.2) is 0 Å². The van der Waals surface area contributed by atoms with Gasteiger partial charge in [-0.2, -0.15) is 4.98 Å². The third-order valence-electron chi connectivity index (χ3n) is 4.88. The molecule has 0 spiro atoms. The summed E-state index contributed by atoms with van der Waals surface area (Å²) >= 11 is 0. The molecular formula is C16H26N4O2. The molecule has 1 amide bonds. The van der Waals surface area contributed by atoms with Crippen molar-refractivity contribution in [2.24, 2.45) is 0 Å². The molecule has 0 unspecified atom stereocenters. The first-order valence-electron chi connectivity index (χ1n) is 8.51. The molecule has 0 N–H and O–H groups in total. The number of hydrogen-bond acceptors (Lipinski definition) is 5. The Morgan fingerprint density at radius 3 is 2.82 bits per heavy atom. The first-order chi connectivity index (χ1) is 10.7. The summed E-state index contributed by atoms with van der Waals surface area (Å²) in [4.78, 5) is 20.8. The number of hydrogen-bond donors (Lipinski definition) is 0. The molecule has 0 aromatic carbocycles. The molecule has 3 rings (SSSR count). The summed E-state index contributed by atoms with van der Waals surface area (Å²) in [6, 6.07) is 0.797. The predicted molar refractivity (Wildman–Crippen MR) is 82.1 cm³/mol. The van der Waals surface area contributed by atoms with E-state index in [9.17, 15) is 4.79 Å². The number of carbonyl (C=O) groups is 1. The summed E-state index contributed by atoms with van der Waals surface area (Å²) in [6.07, 6.45) is 6.48. The van der Waals surface area contributed by atoms with Gasteiger partial charge in [0, 0.05) is 32.0 Å². The molecule has 22 heavy (non-hydrogen) atoms. The van der Waals surface area contributed by atoms with E-state index in [0.717, 1.165) is 51.0 Å². The zero-order chi connectivity index (χ0) is 15.5. The molecule has 2 fully saturated rings. The molecule has 0 bridgehead atoms. The summed E-state index contributed by atoms with van der Waals surface area (Å²) in [5.41, 5.74) is 0. The minimum absolute atomic E-state index is 0.206. The summed E-state index contributed by atoms with van der Waals surface area (Å²) < 4.78 is 5.38. The van der Waals surface area contributed by atoms with E-state index in [-0.39, 0.29) is 5.91 Å². The maximum absolute atomic E-state index is 11.8. The highest BCUT2D eigenvalue weighted by molar-refractivity contribution is 5.74. The Bertz CT molecular complexity index is 516. The summed E-state index contributed by atoms with van der Waals surface area (Å²) in [5, 5.41) is 4.04. The van der Waals surface area contributed by atoms with Gasteiger partial charge in [-0.05, 0) is 38.6 Å². The van der Waals surface area contributed by atoms with Gasteiger partial charge in [0.05, 0.1) is 6.54 Å². The van der Waals surface area contributed by atoms with Gasteiger partial charge in [0.25, 0.3) is 0 Å². The van der Waals surface area contributed by atoms with Gasteiger partial charge >= 0.3 is 0 Å². The van der Waals surface area contributed by atoms with E-state index >= 15 is 0 Å². The maximum Gasteiger partial charge on any atom is 0.240 e. The van der Waals surface area contributed by atoms with Crippen LogP contribution >= 0.6 is 0 Å². The second-order valence-electron chi connectivity index (χ2n) is 6.46. The van der Waals surface area contributed by atoms with Crippen LogP contribution in [0.3, 0.4) is 0 Å². The van der Waals surface area contributed by atoms with Crippen LogP contribution in [-0.2, 0) is 17.8 Å². The van der Waals surface area contributed by atoms with Crippen molar-refractivity contribution in [1.29, 1.82) is 0 Å². The van der Waals surface area contributed by atoms with Crippen LogP contribution in [0.25, 0.3) is 0 Å². The van der Waals surface area contributed by atoms with Crippen LogP contribution in [0.15, 0.2) is 4.52 Å². The van der Waals surface area contributed by atoms with E-state index in [1.807, 2.05) is 0 Å². The highest BCUT2D eigenvalue weighted by Gasteiger charge is 2.39. The molecule has 0 radical (unpaired) electrons. The van der Waals surface area contributed by atoms with Crippen molar-refractivity contribution in [1.82, 2.24) is 19.9 Å². The van der Waals surface area contributed by atoms with Crippen molar-refractivity contribution in [3.8, 4) is 0 Å². The fourth-order valence-corrected chi connectivity index (χ4v) is 3.92. The second kappa shape index (κ2) is 6.77. The number of nitrogens with zero attached hydrogens (tertiary/aromatic N) is 4. The van der Waals surface area contributed by atoms with Gasteiger partial charge in [-0.15, -0.1) is 0 Å². The Kier molecular flexibility index (Phi) is 4.76. The number of amides is 1. The molecule has 2 aliphatic rings. The van der Waals surface area contributed by atoms with Gasteiger partial charge in [0.1, 0.15) is 0 Å². The molecule has 122 valence electrons. The summed E-state index contributed by atoms with van der Waals surface area (Å²) in [7, 11) is 0. The summed E-state index contributed by atoms with van der Waals surface area (Å²) in [6.45, 7) is 6.48. The van der Waals surface area contributed by atoms with Crippen molar-refractivity contribution in [3.63, 3.8) is 0 Å². The maximum atomic E-state index is 11.8. The Morgan fingerprint density at radius 1 is 1.27 bits per heavy atom. The van der Waals surface area contributed by atoms with E-state index < -0.39 is 0 Å². The normalized spacial score (nSPS) is 26.0. The number of rotatable bonds is 5. The van der Waals surface area contributed by atoms with Gasteiger partial charge in [-0.1, -0.05) is 12.1 Å². The van der Waals surface area contributed by atoms with Crippen molar-refractivity contribution in [2.45, 2.75) is 71.0 Å². The van der Waals surface area contributed by atoms with Crippen LogP contribution in [0, 0.1) is 0 Å². The lowest BCUT2D eigenvalue weighted by Gasteiger charge is -2.33. The van der Waals surface area contributed by atoms with Gasteiger partial charge in [-0.3, -0.25) is 9.69 Å². The van der Waals surface area contributed by atoms with Gasteiger partial charge in [0.15, 0.2) is 5.82 Å². The van der Waals surface area contributed by atoms with Crippen LogP contribution in [-0.4, -0.2) is 51.0 Å². The SMILES string of the molecule is CCCc1noc(CN2CCC[C@H]2[C@H]2CCCN2C(C)=O)n1. The first-order valence-corrected chi connectivity index (χ1v) is 8.51. The Labute approximate surface area is 131 Å². The molecule has 6 nitrogen and oxygen atoms in total. The van der Waals surface area contributed by atoms with E-state index in [1.54, 1.807) is 6.92 Å². The molecule has 2 saturated heterocycles. The van der Waals surface area contributed by atoms with E-state index in [2.05, 4.69) is 26.9 Å². The lowest BCUT2D eigenvalue weighted by molar-refractivity contribution is -0.130. The monoisotopic (exact) mass is 306 g/mol. The minimum Gasteiger partial charge on any atom is -0.338 e. The topological polar surface area (TPSA) is 62.5 Å². The van der Waals surface area contributed by atoms with Crippen molar-refractivity contribution in [3.05, 3.63) is 11.7 Å². The lowest BCUT2D eigenvalue weighted by Crippen LogP contribution is -2.47. The number of likely N-dealkylation sites (tertiary alicyclic amines) is 2. The first kappa shape index (κ1) is 15.5. The fraction of sp³-hybridized carbons (Fsp3) is 0.812. The molecule has 1 aromatic rings. The Balaban J connectivity index is 1.66. The molecule has 2 aliphatic heterocycles. The highest BCUT2D eigenvalue weighted by Crippen LogP contribution is 2.30. The lowest BCUT2D eigenvalue weighted by atomic mass is 10.0. The average Bonchev–Trinajstić information content (AvgIpc) is 3.19. The third-order valence-corrected chi connectivity index (χ3v) is 4.88. The van der Waals surface area contributed by atoms with Crippen LogP contribution in [0.2, 0.25) is 0 Å². The molecular weight excluding hydrogens is 280 g/mol. The highest BCUT2D eigenvalue weighted by atomic mass is 16.5. The van der Waals surface area contributed by atoms with Crippen molar-refractivity contribution in [2.75, 3.05) is 13.1 Å². The molecule has 2 atom stereocenters. The smallest absolute Gasteiger partial charge is 0.240 e. The molecule has 3 heterocycles. The van der Waals surface area contributed by atoms with Gasteiger partial charge < -0.3 is 9.42 Å². The standard InChI is InChI=1S/C16H26N4O2/c1-3-6-15-17-16(22-18-15)11-19-9-4-7-13(19)14-8-5-10-20(14)12(2)21/h13-14H,3-11H2,1-2H3/t13-,14+/m0/s1. The second-order valence-corrected chi connectivity index (χ2v) is 6.46. The zero-order valence-corrected chi connectivity index (χ0v) is 13.6. The number of aromatic nitrogens is 2. The van der Waals surface area contributed by atoms with E-state index in [0.29, 0.717) is 24.5 Å². The molecule has 1 aromatic heterocycles. The molecule has 0 aliphatic carbocycles. The third kappa shape index (κ3) is 3.16. The van der Waals surface area contributed by atoms with E-state index in [1.165, 1.54) is 6.42 Å². The van der Waals surface area contributed by atoms with Crippen LogP contribution in [0.1, 0.15) is 57.7 Å². The Hall–Kier alpha value is -1.43. The Morgan fingerprint density at radius 2 is 2.05 bits per heavy atom. The number of carbonyl (C=O) groups excluding carboxylic acids is 1. The molecule has 6 heteroatoms. The largest absolute Gasteiger partial charge is 0.338 e. The quantitative estimate of drug-likeness (QED) is 0.832. The van der Waals surface area contributed by atoms with Crippen LogP contribution < -0.4 is 0 Å².